The smallest absolute Gasteiger partial charge is 0.123 e. The summed E-state index contributed by atoms with van der Waals surface area (Å²) in [4.78, 5) is 0. The molecule has 0 aromatic heterocycles. The van der Waals surface area contributed by atoms with Gasteiger partial charge in [-0.1, -0.05) is 40.2 Å². The third-order valence-electron chi connectivity index (χ3n) is 2.72. The Bertz CT molecular complexity index is 511. The van der Waals surface area contributed by atoms with Crippen molar-refractivity contribution in [2.24, 2.45) is 0 Å². The molecule has 0 aliphatic rings. The summed E-state index contributed by atoms with van der Waals surface area (Å²) in [5.41, 5.74) is 2.20. The van der Waals surface area contributed by atoms with E-state index >= 15 is 0 Å². The highest BCUT2D eigenvalue weighted by molar-refractivity contribution is 9.10. The van der Waals surface area contributed by atoms with Gasteiger partial charge in [-0.3, -0.25) is 0 Å². The minimum Gasteiger partial charge on any atom is -0.491 e. The van der Waals surface area contributed by atoms with Crippen LogP contribution in [-0.4, -0.2) is 13.3 Å². The van der Waals surface area contributed by atoms with E-state index in [-0.39, 0.29) is 6.61 Å². The van der Waals surface area contributed by atoms with Gasteiger partial charge >= 0.3 is 0 Å². The Morgan fingerprint density at radius 3 is 1.95 bits per heavy atom. The fourth-order valence-electron chi connectivity index (χ4n) is 1.71. The van der Waals surface area contributed by atoms with Crippen LogP contribution >= 0.6 is 15.9 Å². The van der Waals surface area contributed by atoms with Crippen LogP contribution in [0.5, 0.6) is 5.75 Å². The van der Waals surface area contributed by atoms with E-state index < -0.39 is 6.67 Å². The molecule has 0 saturated heterocycles. The van der Waals surface area contributed by atoms with Crippen LogP contribution < -0.4 is 4.74 Å². The fourth-order valence-corrected chi connectivity index (χ4v) is 1.97. The van der Waals surface area contributed by atoms with Gasteiger partial charge in [-0.15, -0.1) is 0 Å². The van der Waals surface area contributed by atoms with Crippen LogP contribution in [0.25, 0.3) is 0 Å². The summed E-state index contributed by atoms with van der Waals surface area (Å²) < 4.78 is 23.8. The van der Waals surface area contributed by atoms with Gasteiger partial charge in [0.2, 0.25) is 0 Å². The van der Waals surface area contributed by atoms with Crippen molar-refractivity contribution in [3.8, 4) is 5.75 Å². The normalized spacial score (nSPS) is 10.5. The van der Waals surface area contributed by atoms with E-state index in [4.69, 9.17) is 9.47 Å². The van der Waals surface area contributed by atoms with Gasteiger partial charge < -0.3 is 9.47 Å². The second-order valence-corrected chi connectivity index (χ2v) is 5.22. The Hall–Kier alpha value is -1.39. The molecule has 0 aliphatic carbocycles. The largest absolute Gasteiger partial charge is 0.491 e. The lowest BCUT2D eigenvalue weighted by molar-refractivity contribution is 0.107. The summed E-state index contributed by atoms with van der Waals surface area (Å²) >= 11 is 3.40. The van der Waals surface area contributed by atoms with E-state index in [0.717, 1.165) is 15.6 Å². The molecule has 0 amide bonds. The molecule has 0 heterocycles. The Morgan fingerprint density at radius 2 is 1.40 bits per heavy atom. The zero-order valence-corrected chi connectivity index (χ0v) is 12.6. The lowest BCUT2D eigenvalue weighted by Gasteiger charge is -2.07. The standard InChI is InChI=1S/C16H16BrFO2/c17-15-5-1-13(2-6-15)11-19-12-14-3-7-16(8-4-14)20-10-9-18/h1-8H,9-12H2. The SMILES string of the molecule is FCCOc1ccc(COCc2ccc(Br)cc2)cc1. The number of hydrogen-bond acceptors (Lipinski definition) is 2. The fraction of sp³-hybridized carbons (Fsp3) is 0.250. The minimum atomic E-state index is -0.474. The Labute approximate surface area is 126 Å². The van der Waals surface area contributed by atoms with Gasteiger partial charge in [0.25, 0.3) is 0 Å². The monoisotopic (exact) mass is 338 g/mol. The first-order valence-electron chi connectivity index (χ1n) is 6.38. The third kappa shape index (κ3) is 4.94. The van der Waals surface area contributed by atoms with Crippen molar-refractivity contribution in [2.45, 2.75) is 13.2 Å². The van der Waals surface area contributed by atoms with Crippen LogP contribution in [0.2, 0.25) is 0 Å². The van der Waals surface area contributed by atoms with Gasteiger partial charge in [0, 0.05) is 4.47 Å². The summed E-state index contributed by atoms with van der Waals surface area (Å²) in [6.07, 6.45) is 0. The van der Waals surface area contributed by atoms with Crippen LogP contribution in [0.15, 0.2) is 53.0 Å². The topological polar surface area (TPSA) is 18.5 Å². The molecule has 0 atom stereocenters. The van der Waals surface area contributed by atoms with Gasteiger partial charge in [0.1, 0.15) is 19.0 Å². The lowest BCUT2D eigenvalue weighted by atomic mass is 10.2. The first kappa shape index (κ1) is 15.0. The molecule has 2 aromatic rings. The van der Waals surface area contributed by atoms with Crippen LogP contribution in [-0.2, 0) is 18.0 Å². The van der Waals surface area contributed by atoms with Crippen molar-refractivity contribution in [2.75, 3.05) is 13.3 Å². The van der Waals surface area contributed by atoms with Gasteiger partial charge in [0.05, 0.1) is 13.2 Å². The molecule has 4 heteroatoms. The molecule has 0 radical (unpaired) electrons. The number of halogens is 2. The molecule has 0 spiro atoms. The highest BCUT2D eigenvalue weighted by Crippen LogP contribution is 2.14. The second kappa shape index (κ2) is 8.02. The first-order chi connectivity index (χ1) is 9.78. The molecular formula is C16H16BrFO2. The maximum Gasteiger partial charge on any atom is 0.123 e. The average molecular weight is 339 g/mol. The van der Waals surface area contributed by atoms with E-state index in [1.807, 2.05) is 48.5 Å². The molecule has 20 heavy (non-hydrogen) atoms. The minimum absolute atomic E-state index is 0.0966. The predicted molar refractivity (Wildman–Crippen MR) is 80.5 cm³/mol. The van der Waals surface area contributed by atoms with Crippen LogP contribution in [0, 0.1) is 0 Å². The van der Waals surface area contributed by atoms with E-state index in [9.17, 15) is 4.39 Å². The van der Waals surface area contributed by atoms with Crippen molar-refractivity contribution in [1.82, 2.24) is 0 Å². The zero-order valence-electron chi connectivity index (χ0n) is 11.0. The quantitative estimate of drug-likeness (QED) is 0.739. The number of hydrogen-bond donors (Lipinski definition) is 0. The maximum atomic E-state index is 12.0. The van der Waals surface area contributed by atoms with E-state index in [1.165, 1.54) is 0 Å². The Morgan fingerprint density at radius 1 is 0.850 bits per heavy atom. The molecule has 106 valence electrons. The van der Waals surface area contributed by atoms with Gasteiger partial charge in [-0.25, -0.2) is 4.39 Å². The first-order valence-corrected chi connectivity index (χ1v) is 7.17. The van der Waals surface area contributed by atoms with Crippen LogP contribution in [0.1, 0.15) is 11.1 Å². The zero-order chi connectivity index (χ0) is 14.2. The lowest BCUT2D eigenvalue weighted by Crippen LogP contribution is -1.99. The molecular weight excluding hydrogens is 323 g/mol. The highest BCUT2D eigenvalue weighted by atomic mass is 79.9. The molecule has 0 fully saturated rings. The summed E-state index contributed by atoms with van der Waals surface area (Å²) in [5, 5.41) is 0. The number of ether oxygens (including phenoxy) is 2. The molecule has 2 nitrogen and oxygen atoms in total. The molecule has 0 unspecified atom stereocenters. The molecule has 0 saturated carbocycles. The second-order valence-electron chi connectivity index (χ2n) is 4.30. The van der Waals surface area contributed by atoms with E-state index in [2.05, 4.69) is 15.9 Å². The molecule has 0 N–H and O–H groups in total. The summed E-state index contributed by atoms with van der Waals surface area (Å²) in [6.45, 7) is 0.740. The molecule has 0 aliphatic heterocycles. The molecule has 2 rings (SSSR count). The van der Waals surface area contributed by atoms with Crippen molar-refractivity contribution < 1.29 is 13.9 Å². The van der Waals surface area contributed by atoms with Gasteiger partial charge in [0.15, 0.2) is 0 Å². The maximum absolute atomic E-state index is 12.0. The Balaban J connectivity index is 1.77. The van der Waals surface area contributed by atoms with Crippen molar-refractivity contribution >= 4 is 15.9 Å². The number of alkyl halides is 1. The summed E-state index contributed by atoms with van der Waals surface area (Å²) in [5.74, 6) is 0.680. The number of rotatable bonds is 7. The number of benzene rings is 2. The summed E-state index contributed by atoms with van der Waals surface area (Å²) in [7, 11) is 0. The van der Waals surface area contributed by atoms with Crippen molar-refractivity contribution in [3.05, 3.63) is 64.1 Å². The van der Waals surface area contributed by atoms with E-state index in [1.54, 1.807) is 0 Å². The highest BCUT2D eigenvalue weighted by Gasteiger charge is 1.98. The van der Waals surface area contributed by atoms with Crippen LogP contribution in [0.4, 0.5) is 4.39 Å². The molecule has 2 aromatic carbocycles. The molecule has 0 bridgehead atoms. The van der Waals surface area contributed by atoms with Crippen molar-refractivity contribution in [1.29, 1.82) is 0 Å². The summed E-state index contributed by atoms with van der Waals surface area (Å²) in [6, 6.07) is 15.5. The van der Waals surface area contributed by atoms with Crippen molar-refractivity contribution in [3.63, 3.8) is 0 Å². The van der Waals surface area contributed by atoms with Gasteiger partial charge in [-0.2, -0.15) is 0 Å². The third-order valence-corrected chi connectivity index (χ3v) is 3.25. The Kier molecular flexibility index (Phi) is 6.02. The predicted octanol–water partition coefficient (Wildman–Crippen LogP) is 4.51. The average Bonchev–Trinajstić information content (AvgIpc) is 2.48. The van der Waals surface area contributed by atoms with Gasteiger partial charge in [-0.05, 0) is 35.4 Å². The van der Waals surface area contributed by atoms with Crippen LogP contribution in [0.3, 0.4) is 0 Å². The van der Waals surface area contributed by atoms with E-state index in [0.29, 0.717) is 19.0 Å².